The van der Waals surface area contributed by atoms with Gasteiger partial charge in [0.2, 0.25) is 5.91 Å². The molecule has 1 amide bonds. The lowest BCUT2D eigenvalue weighted by Crippen LogP contribution is -2.30. The van der Waals surface area contributed by atoms with Crippen molar-refractivity contribution in [1.29, 1.82) is 0 Å². The summed E-state index contributed by atoms with van der Waals surface area (Å²) >= 11 is 0. The van der Waals surface area contributed by atoms with Gasteiger partial charge in [0.1, 0.15) is 0 Å². The fraction of sp³-hybridized carbons (Fsp3) is 0.909. The molecule has 1 rings (SSSR count). The summed E-state index contributed by atoms with van der Waals surface area (Å²) in [7, 11) is 3.72. The minimum Gasteiger partial charge on any atom is -0.349 e. The van der Waals surface area contributed by atoms with Crippen LogP contribution in [-0.2, 0) is 4.79 Å². The molecule has 1 aliphatic rings. The molecule has 0 radical (unpaired) electrons. The molecule has 2 heteroatoms. The van der Waals surface area contributed by atoms with E-state index in [0.29, 0.717) is 11.8 Å². The predicted molar refractivity (Wildman–Crippen MR) is 54.5 cm³/mol. The minimum atomic E-state index is 0.315. The van der Waals surface area contributed by atoms with Crippen molar-refractivity contribution in [3.8, 4) is 0 Å². The lowest BCUT2D eigenvalue weighted by atomic mass is 9.90. The third-order valence-electron chi connectivity index (χ3n) is 2.90. The molecule has 0 N–H and O–H groups in total. The summed E-state index contributed by atoms with van der Waals surface area (Å²) in [6, 6.07) is 0. The molecule has 0 saturated heterocycles. The van der Waals surface area contributed by atoms with Gasteiger partial charge in [0.25, 0.3) is 0 Å². The zero-order chi connectivity index (χ0) is 9.68. The van der Waals surface area contributed by atoms with Crippen molar-refractivity contribution in [2.24, 2.45) is 5.92 Å². The van der Waals surface area contributed by atoms with Crippen LogP contribution in [0.1, 0.15) is 44.9 Å². The van der Waals surface area contributed by atoms with Crippen molar-refractivity contribution in [1.82, 2.24) is 4.90 Å². The van der Waals surface area contributed by atoms with E-state index in [1.54, 1.807) is 4.90 Å². The summed E-state index contributed by atoms with van der Waals surface area (Å²) in [6.07, 6.45) is 8.69. The Morgan fingerprint density at radius 1 is 1.00 bits per heavy atom. The molecule has 1 saturated carbocycles. The second kappa shape index (κ2) is 5.25. The lowest BCUT2D eigenvalue weighted by molar-refractivity contribution is -0.133. The number of carbonyl (C=O) groups is 1. The monoisotopic (exact) mass is 183 g/mol. The van der Waals surface area contributed by atoms with Gasteiger partial charge in [0.15, 0.2) is 0 Å². The number of hydrogen-bond acceptors (Lipinski definition) is 1. The summed E-state index contributed by atoms with van der Waals surface area (Å²) < 4.78 is 0. The van der Waals surface area contributed by atoms with E-state index >= 15 is 0 Å². The van der Waals surface area contributed by atoms with Crippen LogP contribution in [-0.4, -0.2) is 24.9 Å². The van der Waals surface area contributed by atoms with Crippen LogP contribution in [0.3, 0.4) is 0 Å². The summed E-state index contributed by atoms with van der Waals surface area (Å²) in [5.74, 6) is 0.650. The van der Waals surface area contributed by atoms with Crippen LogP contribution in [0, 0.1) is 5.92 Å². The van der Waals surface area contributed by atoms with E-state index in [1.807, 2.05) is 14.1 Å². The summed E-state index contributed by atoms with van der Waals surface area (Å²) in [6.45, 7) is 0. The van der Waals surface area contributed by atoms with Crippen LogP contribution >= 0.6 is 0 Å². The highest BCUT2D eigenvalue weighted by molar-refractivity contribution is 5.78. The third-order valence-corrected chi connectivity index (χ3v) is 2.90. The van der Waals surface area contributed by atoms with Crippen molar-refractivity contribution in [3.63, 3.8) is 0 Å². The number of amides is 1. The first-order valence-corrected chi connectivity index (χ1v) is 5.43. The maximum absolute atomic E-state index is 11.7. The molecular formula is C11H21NO. The molecule has 1 aliphatic carbocycles. The molecule has 0 aromatic heterocycles. The van der Waals surface area contributed by atoms with Crippen LogP contribution in [0.4, 0.5) is 0 Å². The van der Waals surface area contributed by atoms with E-state index in [2.05, 4.69) is 0 Å². The molecule has 0 spiro atoms. The Labute approximate surface area is 81.3 Å². The van der Waals surface area contributed by atoms with Crippen LogP contribution in [0.25, 0.3) is 0 Å². The maximum Gasteiger partial charge on any atom is 0.225 e. The third kappa shape index (κ3) is 3.37. The first-order chi connectivity index (χ1) is 6.22. The normalized spacial score (nSPS) is 20.5. The van der Waals surface area contributed by atoms with Crippen LogP contribution in [0.2, 0.25) is 0 Å². The zero-order valence-corrected chi connectivity index (χ0v) is 8.88. The Bertz CT molecular complexity index is 157. The van der Waals surface area contributed by atoms with E-state index in [1.165, 1.54) is 32.1 Å². The van der Waals surface area contributed by atoms with Gasteiger partial charge in [-0.25, -0.2) is 0 Å². The predicted octanol–water partition coefficient (Wildman–Crippen LogP) is 2.44. The molecular weight excluding hydrogens is 162 g/mol. The van der Waals surface area contributed by atoms with Crippen molar-refractivity contribution in [2.75, 3.05) is 14.1 Å². The Kier molecular flexibility index (Phi) is 4.26. The van der Waals surface area contributed by atoms with Crippen molar-refractivity contribution in [3.05, 3.63) is 0 Å². The minimum absolute atomic E-state index is 0.315. The van der Waals surface area contributed by atoms with Crippen molar-refractivity contribution >= 4 is 5.91 Å². The van der Waals surface area contributed by atoms with E-state index in [4.69, 9.17) is 0 Å². The molecule has 0 atom stereocenters. The Morgan fingerprint density at radius 2 is 1.46 bits per heavy atom. The zero-order valence-electron chi connectivity index (χ0n) is 8.88. The molecule has 2 nitrogen and oxygen atoms in total. The highest BCUT2D eigenvalue weighted by atomic mass is 16.2. The molecule has 0 heterocycles. The fourth-order valence-electron chi connectivity index (χ4n) is 2.07. The fourth-order valence-corrected chi connectivity index (χ4v) is 2.07. The van der Waals surface area contributed by atoms with Gasteiger partial charge in [-0.15, -0.1) is 0 Å². The van der Waals surface area contributed by atoms with E-state index in [-0.39, 0.29) is 0 Å². The highest BCUT2D eigenvalue weighted by Gasteiger charge is 2.20. The summed E-state index contributed by atoms with van der Waals surface area (Å²) in [4.78, 5) is 13.4. The second-order valence-corrected chi connectivity index (χ2v) is 4.27. The van der Waals surface area contributed by atoms with E-state index < -0.39 is 0 Å². The number of carbonyl (C=O) groups excluding carboxylic acids is 1. The van der Waals surface area contributed by atoms with E-state index in [0.717, 1.165) is 12.8 Å². The second-order valence-electron chi connectivity index (χ2n) is 4.27. The summed E-state index contributed by atoms with van der Waals surface area (Å²) in [5, 5.41) is 0. The lowest BCUT2D eigenvalue weighted by Gasteiger charge is -2.22. The highest BCUT2D eigenvalue weighted by Crippen LogP contribution is 2.23. The van der Waals surface area contributed by atoms with Crippen LogP contribution in [0.15, 0.2) is 0 Å². The van der Waals surface area contributed by atoms with Gasteiger partial charge in [-0.1, -0.05) is 32.1 Å². The molecule has 0 bridgehead atoms. The number of hydrogen-bond donors (Lipinski definition) is 0. The molecule has 76 valence electrons. The summed E-state index contributed by atoms with van der Waals surface area (Å²) in [5.41, 5.74) is 0. The molecule has 13 heavy (non-hydrogen) atoms. The molecule has 0 aromatic rings. The quantitative estimate of drug-likeness (QED) is 0.611. The number of rotatable bonds is 1. The number of nitrogens with zero attached hydrogens (tertiary/aromatic N) is 1. The van der Waals surface area contributed by atoms with Gasteiger partial charge in [-0.3, -0.25) is 4.79 Å². The van der Waals surface area contributed by atoms with Crippen LogP contribution in [0.5, 0.6) is 0 Å². The average molecular weight is 183 g/mol. The Hall–Kier alpha value is -0.530. The maximum atomic E-state index is 11.7. The molecule has 0 aliphatic heterocycles. The Morgan fingerprint density at radius 3 is 1.92 bits per heavy atom. The van der Waals surface area contributed by atoms with Crippen LogP contribution < -0.4 is 0 Å². The first-order valence-electron chi connectivity index (χ1n) is 5.43. The van der Waals surface area contributed by atoms with Gasteiger partial charge >= 0.3 is 0 Å². The molecule has 1 fully saturated rings. The van der Waals surface area contributed by atoms with Gasteiger partial charge < -0.3 is 4.90 Å². The largest absolute Gasteiger partial charge is 0.349 e. The topological polar surface area (TPSA) is 20.3 Å². The van der Waals surface area contributed by atoms with Crippen molar-refractivity contribution in [2.45, 2.75) is 44.9 Å². The SMILES string of the molecule is CN(C)C(=O)C1CCCCCCC1. The van der Waals surface area contributed by atoms with Gasteiger partial charge in [-0.2, -0.15) is 0 Å². The smallest absolute Gasteiger partial charge is 0.225 e. The molecule has 0 aromatic carbocycles. The Balaban J connectivity index is 2.41. The van der Waals surface area contributed by atoms with Gasteiger partial charge in [0, 0.05) is 20.0 Å². The first kappa shape index (κ1) is 10.6. The average Bonchev–Trinajstić information content (AvgIpc) is 2.02. The van der Waals surface area contributed by atoms with E-state index in [9.17, 15) is 4.79 Å². The van der Waals surface area contributed by atoms with Gasteiger partial charge in [-0.05, 0) is 12.8 Å². The van der Waals surface area contributed by atoms with Crippen molar-refractivity contribution < 1.29 is 4.79 Å². The molecule has 0 unspecified atom stereocenters. The standard InChI is InChI=1S/C11H21NO/c1-12(2)11(13)10-8-6-4-3-5-7-9-10/h10H,3-9H2,1-2H3. The van der Waals surface area contributed by atoms with Gasteiger partial charge in [0.05, 0.1) is 0 Å².